The molecule has 0 amide bonds. The lowest BCUT2D eigenvalue weighted by Gasteiger charge is -2.16. The Morgan fingerprint density at radius 1 is 0.960 bits per heavy atom. The summed E-state index contributed by atoms with van der Waals surface area (Å²) in [5.74, 6) is 1.80. The first-order valence-corrected chi connectivity index (χ1v) is 8.83. The van der Waals surface area contributed by atoms with E-state index in [-0.39, 0.29) is 5.75 Å². The summed E-state index contributed by atoms with van der Waals surface area (Å²) in [6, 6.07) is 15.8. The van der Waals surface area contributed by atoms with Crippen LogP contribution in [0.25, 0.3) is 10.9 Å². The predicted octanol–water partition coefficient (Wildman–Crippen LogP) is 4.30. The molecule has 3 aromatic rings. The summed E-state index contributed by atoms with van der Waals surface area (Å²) in [5.41, 5.74) is 2.01. The van der Waals surface area contributed by atoms with E-state index in [1.807, 2.05) is 30.3 Å². The average Bonchev–Trinajstić information content (AvgIpc) is 3.14. The zero-order chi connectivity index (χ0) is 17.1. The second-order valence-electron chi connectivity index (χ2n) is 6.56. The third-order valence-corrected chi connectivity index (χ3v) is 4.69. The minimum absolute atomic E-state index is 0.272. The Labute approximate surface area is 147 Å². The number of para-hydroxylation sites is 1. The van der Waals surface area contributed by atoms with E-state index in [1.165, 1.54) is 25.7 Å². The average molecular weight is 334 g/mol. The van der Waals surface area contributed by atoms with Crippen LogP contribution >= 0.6 is 0 Å². The summed E-state index contributed by atoms with van der Waals surface area (Å²) >= 11 is 0. The number of hydrogen-bond donors (Lipinski definition) is 3. The Hall–Kier alpha value is -2.82. The van der Waals surface area contributed by atoms with Gasteiger partial charge in [-0.2, -0.15) is 4.98 Å². The third-order valence-electron chi connectivity index (χ3n) is 4.69. The van der Waals surface area contributed by atoms with Gasteiger partial charge in [-0.05, 0) is 42.7 Å². The van der Waals surface area contributed by atoms with Gasteiger partial charge < -0.3 is 15.7 Å². The zero-order valence-electron chi connectivity index (χ0n) is 14.1. The van der Waals surface area contributed by atoms with E-state index >= 15 is 0 Å². The van der Waals surface area contributed by atoms with Crippen LogP contribution in [-0.2, 0) is 6.54 Å². The minimum atomic E-state index is 0.272. The first-order valence-electron chi connectivity index (χ1n) is 8.83. The molecule has 0 aliphatic heterocycles. The Kier molecular flexibility index (Phi) is 4.37. The van der Waals surface area contributed by atoms with Gasteiger partial charge >= 0.3 is 0 Å². The molecule has 5 nitrogen and oxygen atoms in total. The molecule has 0 atom stereocenters. The van der Waals surface area contributed by atoms with Crippen LogP contribution in [0.15, 0.2) is 48.5 Å². The molecule has 1 aliphatic rings. The molecule has 4 rings (SSSR count). The molecule has 25 heavy (non-hydrogen) atoms. The van der Waals surface area contributed by atoms with Crippen LogP contribution in [0, 0.1) is 0 Å². The molecule has 0 radical (unpaired) electrons. The quantitative estimate of drug-likeness (QED) is 0.649. The summed E-state index contributed by atoms with van der Waals surface area (Å²) in [7, 11) is 0. The van der Waals surface area contributed by atoms with Crippen molar-refractivity contribution in [2.24, 2.45) is 0 Å². The fourth-order valence-electron chi connectivity index (χ4n) is 3.32. The molecule has 1 heterocycles. The second-order valence-corrected chi connectivity index (χ2v) is 6.56. The van der Waals surface area contributed by atoms with Crippen LogP contribution in [-0.4, -0.2) is 21.1 Å². The van der Waals surface area contributed by atoms with Crippen LogP contribution < -0.4 is 10.6 Å². The molecule has 1 fully saturated rings. The Morgan fingerprint density at radius 2 is 1.72 bits per heavy atom. The van der Waals surface area contributed by atoms with Gasteiger partial charge in [-0.1, -0.05) is 37.1 Å². The first-order chi connectivity index (χ1) is 12.3. The highest BCUT2D eigenvalue weighted by atomic mass is 16.3. The highest BCUT2D eigenvalue weighted by Gasteiger charge is 2.17. The van der Waals surface area contributed by atoms with E-state index < -0.39 is 0 Å². The van der Waals surface area contributed by atoms with E-state index in [0.717, 1.165) is 22.3 Å². The number of anilines is 2. The number of fused-ring (bicyclic) bond motifs is 1. The highest BCUT2D eigenvalue weighted by Crippen LogP contribution is 2.27. The molecule has 0 bridgehead atoms. The second kappa shape index (κ2) is 6.97. The number of aromatic hydroxyl groups is 1. The number of phenols is 1. The van der Waals surface area contributed by atoms with E-state index in [9.17, 15) is 5.11 Å². The van der Waals surface area contributed by atoms with Crippen molar-refractivity contribution in [3.63, 3.8) is 0 Å². The van der Waals surface area contributed by atoms with E-state index in [0.29, 0.717) is 18.5 Å². The first kappa shape index (κ1) is 15.7. The van der Waals surface area contributed by atoms with Crippen LogP contribution in [0.1, 0.15) is 31.2 Å². The van der Waals surface area contributed by atoms with Gasteiger partial charge in [-0.15, -0.1) is 0 Å². The molecule has 0 saturated heterocycles. The number of benzene rings is 2. The Balaban J connectivity index is 1.58. The number of phenolic OH excluding ortho intramolecular Hbond substituents is 1. The van der Waals surface area contributed by atoms with E-state index in [4.69, 9.17) is 4.98 Å². The van der Waals surface area contributed by atoms with Crippen molar-refractivity contribution >= 4 is 22.7 Å². The molecule has 1 aliphatic carbocycles. The summed E-state index contributed by atoms with van der Waals surface area (Å²) in [5, 5.41) is 17.3. The maximum atomic E-state index is 9.38. The largest absolute Gasteiger partial charge is 0.508 e. The summed E-state index contributed by atoms with van der Waals surface area (Å²) in [6.07, 6.45) is 4.97. The monoisotopic (exact) mass is 334 g/mol. The lowest BCUT2D eigenvalue weighted by Crippen LogP contribution is -2.17. The summed E-state index contributed by atoms with van der Waals surface area (Å²) < 4.78 is 0. The van der Waals surface area contributed by atoms with Crippen molar-refractivity contribution in [1.82, 2.24) is 9.97 Å². The molecule has 5 heteroatoms. The van der Waals surface area contributed by atoms with Gasteiger partial charge in [0, 0.05) is 18.0 Å². The molecular weight excluding hydrogens is 312 g/mol. The van der Waals surface area contributed by atoms with Crippen LogP contribution in [0.2, 0.25) is 0 Å². The van der Waals surface area contributed by atoms with Crippen molar-refractivity contribution < 1.29 is 5.11 Å². The van der Waals surface area contributed by atoms with Crippen molar-refractivity contribution in [3.8, 4) is 5.75 Å². The molecular formula is C20H22N4O. The van der Waals surface area contributed by atoms with Crippen molar-refractivity contribution in [1.29, 1.82) is 0 Å². The van der Waals surface area contributed by atoms with Crippen LogP contribution in [0.4, 0.5) is 11.8 Å². The normalized spacial score (nSPS) is 14.7. The lowest BCUT2D eigenvalue weighted by atomic mass is 10.2. The molecule has 2 aromatic carbocycles. The molecule has 0 unspecified atom stereocenters. The van der Waals surface area contributed by atoms with Crippen LogP contribution in [0.5, 0.6) is 5.75 Å². The van der Waals surface area contributed by atoms with Gasteiger partial charge in [-0.25, -0.2) is 4.98 Å². The van der Waals surface area contributed by atoms with E-state index in [2.05, 4.69) is 21.7 Å². The van der Waals surface area contributed by atoms with Crippen molar-refractivity contribution in [2.75, 3.05) is 10.6 Å². The Bertz CT molecular complexity index is 857. The van der Waals surface area contributed by atoms with Crippen LogP contribution in [0.3, 0.4) is 0 Å². The van der Waals surface area contributed by atoms with Gasteiger partial charge in [0.2, 0.25) is 5.95 Å². The lowest BCUT2D eigenvalue weighted by molar-refractivity contribution is 0.475. The van der Waals surface area contributed by atoms with Gasteiger partial charge in [0.05, 0.1) is 5.52 Å². The number of nitrogens with one attached hydrogen (secondary N) is 2. The minimum Gasteiger partial charge on any atom is -0.508 e. The zero-order valence-corrected chi connectivity index (χ0v) is 14.1. The van der Waals surface area contributed by atoms with Crippen molar-refractivity contribution in [2.45, 2.75) is 38.3 Å². The summed E-state index contributed by atoms with van der Waals surface area (Å²) in [4.78, 5) is 9.35. The fraction of sp³-hybridized carbons (Fsp3) is 0.300. The number of nitrogens with zero attached hydrogens (tertiary/aromatic N) is 2. The molecule has 128 valence electrons. The highest BCUT2D eigenvalue weighted by molar-refractivity contribution is 5.90. The maximum absolute atomic E-state index is 9.38. The summed E-state index contributed by atoms with van der Waals surface area (Å²) in [6.45, 7) is 0.613. The van der Waals surface area contributed by atoms with Gasteiger partial charge in [0.25, 0.3) is 0 Å². The van der Waals surface area contributed by atoms with E-state index in [1.54, 1.807) is 12.1 Å². The molecule has 1 aromatic heterocycles. The maximum Gasteiger partial charge on any atom is 0.225 e. The van der Waals surface area contributed by atoms with Crippen molar-refractivity contribution in [3.05, 3.63) is 54.1 Å². The number of aromatic nitrogens is 2. The number of rotatable bonds is 5. The molecule has 1 saturated carbocycles. The topological polar surface area (TPSA) is 70.1 Å². The standard InChI is InChI=1S/C20H22N4O/c25-16-11-9-14(10-12-16)13-21-20-23-18-8-4-3-7-17(18)19(24-20)22-15-5-1-2-6-15/h3-4,7-12,15,25H,1-2,5-6,13H2,(H2,21,22,23,24). The fourth-order valence-corrected chi connectivity index (χ4v) is 3.32. The van der Waals surface area contributed by atoms with Gasteiger partial charge in [0.15, 0.2) is 0 Å². The molecule has 0 spiro atoms. The SMILES string of the molecule is Oc1ccc(CNc2nc(NC3CCCC3)c3ccccc3n2)cc1. The number of hydrogen-bond acceptors (Lipinski definition) is 5. The smallest absolute Gasteiger partial charge is 0.225 e. The van der Waals surface area contributed by atoms with Gasteiger partial charge in [0.1, 0.15) is 11.6 Å². The predicted molar refractivity (Wildman–Crippen MR) is 101 cm³/mol. The van der Waals surface area contributed by atoms with Gasteiger partial charge in [-0.3, -0.25) is 0 Å². The molecule has 3 N–H and O–H groups in total. The Morgan fingerprint density at radius 3 is 2.52 bits per heavy atom. The third kappa shape index (κ3) is 3.65.